The van der Waals surface area contributed by atoms with Crippen molar-refractivity contribution in [3.8, 4) is 0 Å². The highest BCUT2D eigenvalue weighted by Crippen LogP contribution is 2.36. The van der Waals surface area contributed by atoms with Crippen molar-refractivity contribution in [1.82, 2.24) is 0 Å². The summed E-state index contributed by atoms with van der Waals surface area (Å²) in [6, 6.07) is 9.14. The van der Waals surface area contributed by atoms with E-state index in [0.29, 0.717) is 5.92 Å². The third-order valence-electron chi connectivity index (χ3n) is 4.57. The van der Waals surface area contributed by atoms with E-state index in [0.717, 1.165) is 25.7 Å². The van der Waals surface area contributed by atoms with Gasteiger partial charge in [-0.3, -0.25) is 4.79 Å². The van der Waals surface area contributed by atoms with Crippen LogP contribution in [0.3, 0.4) is 0 Å². The fraction of sp³-hybridized carbons (Fsp3) is 0.611. The number of unbranched alkanes of at least 4 members (excludes halogenated alkanes) is 2. The van der Waals surface area contributed by atoms with Crippen LogP contribution >= 0.6 is 11.6 Å². The standard InChI is InChI=1S/C18H25ClO/c1-2-3-4-5-14-6-8-15(9-7-14)16-10-12-17(13-11-16)18(19)20/h6-9,16-17H,2-5,10-13H2,1H3/t16-,17-. The van der Waals surface area contributed by atoms with Gasteiger partial charge in [-0.15, -0.1) is 0 Å². The molecule has 1 fully saturated rings. The molecular weight excluding hydrogens is 268 g/mol. The molecule has 20 heavy (non-hydrogen) atoms. The van der Waals surface area contributed by atoms with Crippen LogP contribution in [-0.2, 0) is 11.2 Å². The first kappa shape index (κ1) is 15.6. The van der Waals surface area contributed by atoms with Crippen molar-refractivity contribution in [2.24, 2.45) is 5.92 Å². The van der Waals surface area contributed by atoms with Gasteiger partial charge in [0.25, 0.3) is 0 Å². The van der Waals surface area contributed by atoms with Crippen molar-refractivity contribution in [2.45, 2.75) is 64.2 Å². The largest absolute Gasteiger partial charge is 0.281 e. The zero-order valence-electron chi connectivity index (χ0n) is 12.4. The molecule has 1 aliphatic carbocycles. The SMILES string of the molecule is CCCCCc1ccc([C@H]2CC[C@H](C(=O)Cl)CC2)cc1. The fourth-order valence-electron chi connectivity index (χ4n) is 3.19. The second kappa shape index (κ2) is 7.83. The number of hydrogen-bond acceptors (Lipinski definition) is 1. The maximum atomic E-state index is 11.2. The third kappa shape index (κ3) is 4.34. The second-order valence-electron chi connectivity index (χ2n) is 6.05. The predicted molar refractivity (Wildman–Crippen MR) is 85.2 cm³/mol. The van der Waals surface area contributed by atoms with Crippen LogP contribution < -0.4 is 0 Å². The van der Waals surface area contributed by atoms with Crippen LogP contribution in [0.15, 0.2) is 24.3 Å². The first-order valence-electron chi connectivity index (χ1n) is 7.99. The molecule has 0 bridgehead atoms. The van der Waals surface area contributed by atoms with Gasteiger partial charge in [-0.05, 0) is 67.2 Å². The summed E-state index contributed by atoms with van der Waals surface area (Å²) in [5.41, 5.74) is 2.89. The van der Waals surface area contributed by atoms with Crippen LogP contribution in [0.1, 0.15) is 68.9 Å². The zero-order chi connectivity index (χ0) is 14.4. The molecule has 0 saturated heterocycles. The molecule has 0 aliphatic heterocycles. The molecule has 1 aromatic rings. The highest BCUT2D eigenvalue weighted by molar-refractivity contribution is 6.63. The van der Waals surface area contributed by atoms with Gasteiger partial charge < -0.3 is 0 Å². The van der Waals surface area contributed by atoms with Gasteiger partial charge in [0, 0.05) is 5.92 Å². The Morgan fingerprint density at radius 3 is 2.30 bits per heavy atom. The van der Waals surface area contributed by atoms with E-state index in [4.69, 9.17) is 11.6 Å². The van der Waals surface area contributed by atoms with E-state index in [9.17, 15) is 4.79 Å². The molecule has 0 heterocycles. The molecule has 0 radical (unpaired) electrons. The Labute approximate surface area is 127 Å². The number of hydrogen-bond donors (Lipinski definition) is 0. The third-order valence-corrected chi connectivity index (χ3v) is 4.88. The Balaban J connectivity index is 1.86. The lowest BCUT2D eigenvalue weighted by Crippen LogP contribution is -2.17. The summed E-state index contributed by atoms with van der Waals surface area (Å²) in [4.78, 5) is 11.2. The smallest absolute Gasteiger partial charge is 0.224 e. The molecule has 1 nitrogen and oxygen atoms in total. The molecule has 110 valence electrons. The highest BCUT2D eigenvalue weighted by atomic mass is 35.5. The number of rotatable bonds is 6. The summed E-state index contributed by atoms with van der Waals surface area (Å²) in [7, 11) is 0. The minimum Gasteiger partial charge on any atom is -0.281 e. The first-order chi connectivity index (χ1) is 9.70. The second-order valence-corrected chi connectivity index (χ2v) is 6.42. The molecule has 1 aliphatic rings. The van der Waals surface area contributed by atoms with Crippen LogP contribution in [-0.4, -0.2) is 5.24 Å². The molecule has 0 amide bonds. The summed E-state index contributed by atoms with van der Waals surface area (Å²) >= 11 is 5.59. The average Bonchev–Trinajstić information content (AvgIpc) is 2.48. The quantitative estimate of drug-likeness (QED) is 0.503. The number of carbonyl (C=O) groups excluding carboxylic acids is 1. The molecule has 1 saturated carbocycles. The van der Waals surface area contributed by atoms with E-state index in [2.05, 4.69) is 31.2 Å². The molecule has 2 rings (SSSR count). The predicted octanol–water partition coefficient (Wildman–Crippen LogP) is 5.46. The lowest BCUT2D eigenvalue weighted by Gasteiger charge is -2.26. The lowest BCUT2D eigenvalue weighted by atomic mass is 9.79. The molecule has 0 atom stereocenters. The van der Waals surface area contributed by atoms with Gasteiger partial charge >= 0.3 is 0 Å². The molecule has 0 aromatic heterocycles. The van der Waals surface area contributed by atoms with E-state index in [1.807, 2.05) is 0 Å². The van der Waals surface area contributed by atoms with Crippen molar-refractivity contribution >= 4 is 16.8 Å². The molecule has 0 spiro atoms. The minimum absolute atomic E-state index is 0.0984. The number of carbonyl (C=O) groups is 1. The maximum Gasteiger partial charge on any atom is 0.224 e. The van der Waals surface area contributed by atoms with Crippen molar-refractivity contribution in [3.05, 3.63) is 35.4 Å². The lowest BCUT2D eigenvalue weighted by molar-refractivity contribution is -0.116. The molecule has 0 N–H and O–H groups in total. The first-order valence-corrected chi connectivity index (χ1v) is 8.36. The molecular formula is C18H25ClO. The van der Waals surface area contributed by atoms with Crippen molar-refractivity contribution in [1.29, 1.82) is 0 Å². The minimum atomic E-state index is -0.144. The van der Waals surface area contributed by atoms with Gasteiger partial charge in [-0.2, -0.15) is 0 Å². The van der Waals surface area contributed by atoms with E-state index in [-0.39, 0.29) is 11.2 Å². The molecule has 1 aromatic carbocycles. The van der Waals surface area contributed by atoms with Gasteiger partial charge in [0.15, 0.2) is 0 Å². The van der Waals surface area contributed by atoms with Gasteiger partial charge in [-0.25, -0.2) is 0 Å². The van der Waals surface area contributed by atoms with E-state index in [1.54, 1.807) is 0 Å². The number of aryl methyl sites for hydroxylation is 1. The Kier molecular flexibility index (Phi) is 6.09. The van der Waals surface area contributed by atoms with Crippen LogP contribution in [0.2, 0.25) is 0 Å². The summed E-state index contributed by atoms with van der Waals surface area (Å²) in [5, 5.41) is -0.144. The molecule has 2 heteroatoms. The van der Waals surface area contributed by atoms with Crippen molar-refractivity contribution < 1.29 is 4.79 Å². The average molecular weight is 293 g/mol. The van der Waals surface area contributed by atoms with E-state index >= 15 is 0 Å². The summed E-state index contributed by atoms with van der Waals surface area (Å²) in [6.07, 6.45) is 9.17. The maximum absolute atomic E-state index is 11.2. The highest BCUT2D eigenvalue weighted by Gasteiger charge is 2.25. The summed E-state index contributed by atoms with van der Waals surface area (Å²) < 4.78 is 0. The number of benzene rings is 1. The monoisotopic (exact) mass is 292 g/mol. The van der Waals surface area contributed by atoms with E-state index < -0.39 is 0 Å². The van der Waals surface area contributed by atoms with Crippen molar-refractivity contribution in [3.63, 3.8) is 0 Å². The summed E-state index contributed by atoms with van der Waals surface area (Å²) in [5.74, 6) is 0.716. The van der Waals surface area contributed by atoms with Gasteiger partial charge in [0.2, 0.25) is 5.24 Å². The Bertz CT molecular complexity index is 416. The zero-order valence-corrected chi connectivity index (χ0v) is 13.2. The van der Waals surface area contributed by atoms with Gasteiger partial charge in [0.1, 0.15) is 0 Å². The van der Waals surface area contributed by atoms with Crippen LogP contribution in [0, 0.1) is 5.92 Å². The van der Waals surface area contributed by atoms with E-state index in [1.165, 1.54) is 36.8 Å². The van der Waals surface area contributed by atoms with Gasteiger partial charge in [-0.1, -0.05) is 44.0 Å². The van der Waals surface area contributed by atoms with Crippen molar-refractivity contribution in [2.75, 3.05) is 0 Å². The Hall–Kier alpha value is -0.820. The van der Waals surface area contributed by atoms with Crippen LogP contribution in [0.4, 0.5) is 0 Å². The van der Waals surface area contributed by atoms with Crippen LogP contribution in [0.5, 0.6) is 0 Å². The Morgan fingerprint density at radius 1 is 1.10 bits per heavy atom. The topological polar surface area (TPSA) is 17.1 Å². The Morgan fingerprint density at radius 2 is 1.75 bits per heavy atom. The van der Waals surface area contributed by atoms with Crippen LogP contribution in [0.25, 0.3) is 0 Å². The molecule has 0 unspecified atom stereocenters. The summed E-state index contributed by atoms with van der Waals surface area (Å²) in [6.45, 7) is 2.24. The fourth-order valence-corrected chi connectivity index (χ4v) is 3.41. The normalized spacial score (nSPS) is 22.7. The van der Waals surface area contributed by atoms with Gasteiger partial charge in [0.05, 0.1) is 0 Å². The number of halogens is 1.